The van der Waals surface area contributed by atoms with Crippen LogP contribution in [0.15, 0.2) is 109 Å². The number of rotatable bonds is 62. The molecule has 0 aliphatic heterocycles. The number of hydrogen-bond acceptors (Lipinski definition) is 6. The maximum absolute atomic E-state index is 12.9. The van der Waals surface area contributed by atoms with E-state index < -0.39 is 6.10 Å². The minimum absolute atomic E-state index is 0.0785. The van der Waals surface area contributed by atoms with Crippen LogP contribution >= 0.6 is 0 Å². The van der Waals surface area contributed by atoms with Gasteiger partial charge in [-0.3, -0.25) is 14.4 Å². The molecular formula is C75H128O6. The van der Waals surface area contributed by atoms with Gasteiger partial charge in [-0.05, 0) is 109 Å². The number of carbonyl (C=O) groups is 3. The molecule has 1 unspecified atom stereocenters. The van der Waals surface area contributed by atoms with Crippen LogP contribution in [0.25, 0.3) is 0 Å². The normalized spacial score (nSPS) is 12.8. The third-order valence-electron chi connectivity index (χ3n) is 14.8. The van der Waals surface area contributed by atoms with E-state index in [1.165, 1.54) is 173 Å². The van der Waals surface area contributed by atoms with Crippen LogP contribution in [0.4, 0.5) is 0 Å². The lowest BCUT2D eigenvalue weighted by Crippen LogP contribution is -2.30. The first-order valence-corrected chi connectivity index (χ1v) is 34.4. The van der Waals surface area contributed by atoms with Crippen LogP contribution in [0.1, 0.15) is 329 Å². The fourth-order valence-corrected chi connectivity index (χ4v) is 9.63. The molecule has 0 N–H and O–H groups in total. The molecule has 0 aromatic carbocycles. The summed E-state index contributed by atoms with van der Waals surface area (Å²) in [5.74, 6) is -0.876. The first-order valence-electron chi connectivity index (χ1n) is 34.4. The van der Waals surface area contributed by atoms with Gasteiger partial charge in [-0.15, -0.1) is 0 Å². The summed E-state index contributed by atoms with van der Waals surface area (Å²) >= 11 is 0. The van der Waals surface area contributed by atoms with Crippen LogP contribution < -0.4 is 0 Å². The summed E-state index contributed by atoms with van der Waals surface area (Å²) in [6.07, 6.45) is 93.8. The zero-order valence-electron chi connectivity index (χ0n) is 53.3. The first-order chi connectivity index (χ1) is 40.0. The second kappa shape index (κ2) is 68.6. The maximum Gasteiger partial charge on any atom is 0.306 e. The molecular weight excluding hydrogens is 997 g/mol. The number of hydrogen-bond donors (Lipinski definition) is 0. The summed E-state index contributed by atoms with van der Waals surface area (Å²) in [6, 6.07) is 0. The lowest BCUT2D eigenvalue weighted by Gasteiger charge is -2.18. The average molecular weight is 1130 g/mol. The van der Waals surface area contributed by atoms with Gasteiger partial charge in [0.2, 0.25) is 0 Å². The van der Waals surface area contributed by atoms with Gasteiger partial charge in [-0.1, -0.05) is 310 Å². The van der Waals surface area contributed by atoms with Crippen molar-refractivity contribution in [2.24, 2.45) is 0 Å². The SMILES string of the molecule is CC/C=C\C/C=C\C/C=C\C/C=C\C/C=C\C/C=C\C/C=C\CCCCCCCCCCCC(=O)OCC(COC(=O)CCCCCCCCCCCCCCC)OC(=O)CCCCCCCCCCC/C=C\C/C=C\CCCCC. The van der Waals surface area contributed by atoms with Crippen molar-refractivity contribution in [3.8, 4) is 0 Å². The molecule has 0 saturated heterocycles. The molecule has 0 saturated carbocycles. The van der Waals surface area contributed by atoms with Crippen LogP contribution in [0.2, 0.25) is 0 Å². The highest BCUT2D eigenvalue weighted by Gasteiger charge is 2.19. The predicted octanol–water partition coefficient (Wildman–Crippen LogP) is 23.8. The predicted molar refractivity (Wildman–Crippen MR) is 353 cm³/mol. The number of unbranched alkanes of at least 4 members (excludes halogenated alkanes) is 33. The van der Waals surface area contributed by atoms with Gasteiger partial charge < -0.3 is 14.2 Å². The summed E-state index contributed by atoms with van der Waals surface area (Å²) in [5, 5.41) is 0. The highest BCUT2D eigenvalue weighted by Crippen LogP contribution is 2.17. The minimum atomic E-state index is -0.783. The number of allylic oxidation sites excluding steroid dienone is 18. The molecule has 0 amide bonds. The van der Waals surface area contributed by atoms with E-state index in [0.29, 0.717) is 19.3 Å². The summed E-state index contributed by atoms with van der Waals surface area (Å²) < 4.78 is 17.0. The smallest absolute Gasteiger partial charge is 0.306 e. The van der Waals surface area contributed by atoms with Crippen molar-refractivity contribution in [3.05, 3.63) is 109 Å². The summed E-state index contributed by atoms with van der Waals surface area (Å²) in [6.45, 7) is 6.52. The summed E-state index contributed by atoms with van der Waals surface area (Å²) in [5.41, 5.74) is 0. The van der Waals surface area contributed by atoms with E-state index in [0.717, 1.165) is 116 Å². The van der Waals surface area contributed by atoms with E-state index >= 15 is 0 Å². The molecule has 0 bridgehead atoms. The van der Waals surface area contributed by atoms with E-state index in [1.807, 2.05) is 0 Å². The molecule has 0 spiro atoms. The van der Waals surface area contributed by atoms with E-state index in [2.05, 4.69) is 130 Å². The van der Waals surface area contributed by atoms with Crippen molar-refractivity contribution in [2.75, 3.05) is 13.2 Å². The molecule has 0 aliphatic carbocycles. The fourth-order valence-electron chi connectivity index (χ4n) is 9.63. The van der Waals surface area contributed by atoms with E-state index in [4.69, 9.17) is 14.2 Å². The molecule has 81 heavy (non-hydrogen) atoms. The van der Waals surface area contributed by atoms with Gasteiger partial charge in [0, 0.05) is 19.3 Å². The quantitative estimate of drug-likeness (QED) is 0.0261. The monoisotopic (exact) mass is 1120 g/mol. The summed E-state index contributed by atoms with van der Waals surface area (Å²) in [7, 11) is 0. The van der Waals surface area contributed by atoms with Crippen molar-refractivity contribution < 1.29 is 28.6 Å². The molecule has 0 rings (SSSR count). The Morgan fingerprint density at radius 1 is 0.259 bits per heavy atom. The molecule has 0 aliphatic rings. The van der Waals surface area contributed by atoms with E-state index in [9.17, 15) is 14.4 Å². The Bertz CT molecular complexity index is 1620. The Hall–Kier alpha value is -3.93. The van der Waals surface area contributed by atoms with Crippen LogP contribution in [0.3, 0.4) is 0 Å². The van der Waals surface area contributed by atoms with Gasteiger partial charge >= 0.3 is 17.9 Å². The van der Waals surface area contributed by atoms with Crippen molar-refractivity contribution in [2.45, 2.75) is 335 Å². The van der Waals surface area contributed by atoms with Crippen LogP contribution in [-0.2, 0) is 28.6 Å². The second-order valence-corrected chi connectivity index (χ2v) is 22.7. The molecule has 0 aromatic rings. The average Bonchev–Trinajstić information content (AvgIpc) is 3.46. The van der Waals surface area contributed by atoms with Gasteiger partial charge in [0.05, 0.1) is 0 Å². The lowest BCUT2D eigenvalue weighted by atomic mass is 10.0. The Balaban J connectivity index is 4.29. The molecule has 0 radical (unpaired) electrons. The lowest BCUT2D eigenvalue weighted by molar-refractivity contribution is -0.167. The molecule has 6 heteroatoms. The molecule has 0 heterocycles. The standard InChI is InChI=1S/C75H128O6/c1-4-7-10-13-16-19-22-25-27-29-31-32-33-34-35-36-37-38-39-40-41-42-44-45-47-50-53-56-59-62-65-68-74(77)80-71-72(70-79-73(76)67-64-61-58-55-52-49-24-21-18-15-12-9-6-3)81-75(78)69-66-63-60-57-54-51-48-46-43-30-28-26-23-20-17-14-11-8-5-2/h7,10,16-17,19-20,25-28,31-32,34-35,37-38,40-41,72H,4-6,8-9,11-15,18,21-24,29-30,33,36,39,42-71H2,1-3H3/b10-7-,19-16-,20-17-,27-25-,28-26-,32-31-,35-34-,38-37-,41-40-. The highest BCUT2D eigenvalue weighted by molar-refractivity contribution is 5.71. The fraction of sp³-hybridized carbons (Fsp3) is 0.720. The third-order valence-corrected chi connectivity index (χ3v) is 14.8. The van der Waals surface area contributed by atoms with Gasteiger partial charge in [0.25, 0.3) is 0 Å². The first kappa shape index (κ1) is 77.1. The van der Waals surface area contributed by atoms with E-state index in [1.54, 1.807) is 0 Å². The van der Waals surface area contributed by atoms with Crippen molar-refractivity contribution in [1.82, 2.24) is 0 Å². The van der Waals surface area contributed by atoms with Crippen molar-refractivity contribution in [3.63, 3.8) is 0 Å². The Morgan fingerprint density at radius 2 is 0.481 bits per heavy atom. The van der Waals surface area contributed by atoms with Gasteiger partial charge in [0.1, 0.15) is 13.2 Å². The third kappa shape index (κ3) is 66.8. The zero-order valence-corrected chi connectivity index (χ0v) is 53.3. The molecule has 0 aromatic heterocycles. The van der Waals surface area contributed by atoms with Crippen LogP contribution in [-0.4, -0.2) is 37.2 Å². The highest BCUT2D eigenvalue weighted by atomic mass is 16.6. The largest absolute Gasteiger partial charge is 0.462 e. The summed E-state index contributed by atoms with van der Waals surface area (Å²) in [4.78, 5) is 38.4. The van der Waals surface area contributed by atoms with Crippen molar-refractivity contribution in [1.29, 1.82) is 0 Å². The second-order valence-electron chi connectivity index (χ2n) is 22.7. The van der Waals surface area contributed by atoms with Gasteiger partial charge in [-0.25, -0.2) is 0 Å². The number of ether oxygens (including phenoxy) is 3. The van der Waals surface area contributed by atoms with Crippen LogP contribution in [0, 0.1) is 0 Å². The number of carbonyl (C=O) groups excluding carboxylic acids is 3. The molecule has 0 fully saturated rings. The number of esters is 3. The Kier molecular flexibility index (Phi) is 65.2. The minimum Gasteiger partial charge on any atom is -0.462 e. The van der Waals surface area contributed by atoms with Gasteiger partial charge in [-0.2, -0.15) is 0 Å². The maximum atomic E-state index is 12.9. The Morgan fingerprint density at radius 3 is 0.778 bits per heavy atom. The zero-order chi connectivity index (χ0) is 58.5. The van der Waals surface area contributed by atoms with E-state index in [-0.39, 0.29) is 31.1 Å². The van der Waals surface area contributed by atoms with Crippen molar-refractivity contribution >= 4 is 17.9 Å². The molecule has 1 atom stereocenters. The Labute approximate surface area is 501 Å². The molecule has 464 valence electrons. The van der Waals surface area contributed by atoms with Crippen LogP contribution in [0.5, 0.6) is 0 Å². The topological polar surface area (TPSA) is 78.9 Å². The molecule has 6 nitrogen and oxygen atoms in total. The van der Waals surface area contributed by atoms with Gasteiger partial charge in [0.15, 0.2) is 6.10 Å².